The number of halogens is 1. The van der Waals surface area contributed by atoms with E-state index >= 15 is 0 Å². The first kappa shape index (κ1) is 13.0. The standard InChI is InChI=1S/C13H14FNO2S/c14-6-9-17-8-5-10-3-4-12(18-10)13(16)11-2-1-7-15-11/h1-4,7,15H,5-6,8-9H2. The van der Waals surface area contributed by atoms with Crippen molar-refractivity contribution in [1.82, 2.24) is 4.98 Å². The number of H-pyrrole nitrogens is 1. The molecule has 0 amide bonds. The first-order chi connectivity index (χ1) is 8.81. The molecule has 3 nitrogen and oxygen atoms in total. The Morgan fingerprint density at radius 2 is 2.22 bits per heavy atom. The van der Waals surface area contributed by atoms with Gasteiger partial charge in [-0.2, -0.15) is 0 Å². The van der Waals surface area contributed by atoms with E-state index in [-0.39, 0.29) is 12.4 Å². The number of carbonyl (C=O) groups is 1. The van der Waals surface area contributed by atoms with E-state index < -0.39 is 6.67 Å². The van der Waals surface area contributed by atoms with Gasteiger partial charge in [-0.05, 0) is 24.3 Å². The molecule has 0 aliphatic heterocycles. The molecule has 18 heavy (non-hydrogen) atoms. The van der Waals surface area contributed by atoms with E-state index in [4.69, 9.17) is 4.74 Å². The lowest BCUT2D eigenvalue weighted by Gasteiger charge is -1.98. The summed E-state index contributed by atoms with van der Waals surface area (Å²) in [5, 5.41) is 0. The van der Waals surface area contributed by atoms with E-state index in [0.717, 1.165) is 4.88 Å². The highest BCUT2D eigenvalue weighted by Gasteiger charge is 2.12. The summed E-state index contributed by atoms with van der Waals surface area (Å²) in [6, 6.07) is 7.29. The van der Waals surface area contributed by atoms with E-state index in [0.29, 0.717) is 23.6 Å². The van der Waals surface area contributed by atoms with Gasteiger partial charge in [-0.15, -0.1) is 11.3 Å². The van der Waals surface area contributed by atoms with Gasteiger partial charge in [0.1, 0.15) is 6.67 Å². The maximum Gasteiger partial charge on any atom is 0.219 e. The van der Waals surface area contributed by atoms with E-state index in [1.165, 1.54) is 11.3 Å². The minimum atomic E-state index is -0.457. The Morgan fingerprint density at radius 3 is 2.94 bits per heavy atom. The molecule has 0 fully saturated rings. The van der Waals surface area contributed by atoms with Crippen LogP contribution in [-0.4, -0.2) is 30.7 Å². The van der Waals surface area contributed by atoms with Crippen molar-refractivity contribution in [3.05, 3.63) is 45.9 Å². The monoisotopic (exact) mass is 267 g/mol. The Hall–Kier alpha value is -1.46. The first-order valence-electron chi connectivity index (χ1n) is 5.72. The fourth-order valence-electron chi connectivity index (χ4n) is 1.57. The lowest BCUT2D eigenvalue weighted by molar-refractivity contribution is 0.103. The van der Waals surface area contributed by atoms with Crippen LogP contribution in [0.4, 0.5) is 4.39 Å². The number of carbonyl (C=O) groups excluding carboxylic acids is 1. The fraction of sp³-hybridized carbons (Fsp3) is 0.308. The van der Waals surface area contributed by atoms with Gasteiger partial charge in [-0.1, -0.05) is 0 Å². The molecule has 5 heteroatoms. The van der Waals surface area contributed by atoms with Crippen molar-refractivity contribution in [2.45, 2.75) is 6.42 Å². The Bertz CT molecular complexity index is 493. The zero-order chi connectivity index (χ0) is 12.8. The summed E-state index contributed by atoms with van der Waals surface area (Å²) in [5.74, 6) is 0.000858. The average molecular weight is 267 g/mol. The molecule has 2 aromatic heterocycles. The molecule has 2 aromatic rings. The zero-order valence-electron chi connectivity index (χ0n) is 9.82. The molecular formula is C13H14FNO2S. The molecule has 0 saturated carbocycles. The molecule has 0 spiro atoms. The highest BCUT2D eigenvalue weighted by Crippen LogP contribution is 2.20. The molecule has 0 aliphatic carbocycles. The molecule has 0 radical (unpaired) electrons. The van der Waals surface area contributed by atoms with E-state index in [2.05, 4.69) is 4.98 Å². The molecule has 0 atom stereocenters. The molecule has 0 aromatic carbocycles. The number of aromatic nitrogens is 1. The summed E-state index contributed by atoms with van der Waals surface area (Å²) >= 11 is 1.45. The van der Waals surface area contributed by atoms with Crippen molar-refractivity contribution in [3.63, 3.8) is 0 Å². The van der Waals surface area contributed by atoms with Gasteiger partial charge in [0.05, 0.1) is 23.8 Å². The highest BCUT2D eigenvalue weighted by molar-refractivity contribution is 7.14. The fourth-order valence-corrected chi connectivity index (χ4v) is 2.51. The van der Waals surface area contributed by atoms with Gasteiger partial charge in [0.2, 0.25) is 5.78 Å². The van der Waals surface area contributed by atoms with Gasteiger partial charge in [0, 0.05) is 17.5 Å². The van der Waals surface area contributed by atoms with E-state index in [1.54, 1.807) is 18.3 Å². The Morgan fingerprint density at radius 1 is 1.33 bits per heavy atom. The smallest absolute Gasteiger partial charge is 0.219 e. The zero-order valence-corrected chi connectivity index (χ0v) is 10.6. The van der Waals surface area contributed by atoms with Crippen molar-refractivity contribution in [1.29, 1.82) is 0 Å². The number of aromatic amines is 1. The van der Waals surface area contributed by atoms with Gasteiger partial charge in [-0.25, -0.2) is 4.39 Å². The second kappa shape index (κ2) is 6.47. The molecule has 1 N–H and O–H groups in total. The molecule has 0 unspecified atom stereocenters. The van der Waals surface area contributed by atoms with Crippen molar-refractivity contribution >= 4 is 17.1 Å². The second-order valence-electron chi connectivity index (χ2n) is 3.73. The molecule has 2 rings (SSSR count). The SMILES string of the molecule is O=C(c1ccc[nH]1)c1ccc(CCOCCF)s1. The number of alkyl halides is 1. The van der Waals surface area contributed by atoms with Crippen LogP contribution in [0, 0.1) is 0 Å². The number of ketones is 1. The quantitative estimate of drug-likeness (QED) is 0.619. The van der Waals surface area contributed by atoms with Crippen molar-refractivity contribution in [2.24, 2.45) is 0 Å². The van der Waals surface area contributed by atoms with Crippen LogP contribution in [0.15, 0.2) is 30.5 Å². The minimum Gasteiger partial charge on any atom is -0.378 e. The van der Waals surface area contributed by atoms with Crippen LogP contribution < -0.4 is 0 Å². The number of hydrogen-bond acceptors (Lipinski definition) is 3. The van der Waals surface area contributed by atoms with Crippen LogP contribution in [0.3, 0.4) is 0 Å². The van der Waals surface area contributed by atoms with Gasteiger partial charge >= 0.3 is 0 Å². The number of ether oxygens (including phenoxy) is 1. The first-order valence-corrected chi connectivity index (χ1v) is 6.53. The molecular weight excluding hydrogens is 253 g/mol. The third-order valence-corrected chi connectivity index (χ3v) is 3.59. The summed E-state index contributed by atoms with van der Waals surface area (Å²) in [4.78, 5) is 16.7. The van der Waals surface area contributed by atoms with Gasteiger partial charge in [0.25, 0.3) is 0 Å². The molecule has 96 valence electrons. The molecule has 0 bridgehead atoms. The normalized spacial score (nSPS) is 10.7. The minimum absolute atomic E-state index is 0.000858. The third kappa shape index (κ3) is 3.27. The van der Waals surface area contributed by atoms with E-state index in [1.807, 2.05) is 12.1 Å². The summed E-state index contributed by atoms with van der Waals surface area (Å²) in [5.41, 5.74) is 0.595. The van der Waals surface area contributed by atoms with Gasteiger partial charge in [-0.3, -0.25) is 4.79 Å². The van der Waals surface area contributed by atoms with E-state index in [9.17, 15) is 9.18 Å². The number of rotatable bonds is 7. The summed E-state index contributed by atoms with van der Waals surface area (Å²) in [6.45, 7) is 0.168. The predicted molar refractivity (Wildman–Crippen MR) is 69.0 cm³/mol. The van der Waals surface area contributed by atoms with Crippen LogP contribution >= 0.6 is 11.3 Å². The second-order valence-corrected chi connectivity index (χ2v) is 4.90. The summed E-state index contributed by atoms with van der Waals surface area (Å²) in [7, 11) is 0. The van der Waals surface area contributed by atoms with Crippen molar-refractivity contribution in [3.8, 4) is 0 Å². The average Bonchev–Trinajstić information content (AvgIpc) is 3.05. The summed E-state index contributed by atoms with van der Waals surface area (Å²) < 4.78 is 16.9. The predicted octanol–water partition coefficient (Wildman–Crippen LogP) is 2.84. The molecule has 0 saturated heterocycles. The van der Waals surface area contributed by atoms with Crippen LogP contribution in [0.25, 0.3) is 0 Å². The van der Waals surface area contributed by atoms with Crippen LogP contribution in [0.1, 0.15) is 20.2 Å². The van der Waals surface area contributed by atoms with Crippen LogP contribution in [0.5, 0.6) is 0 Å². The maximum absolute atomic E-state index is 12.0. The Kier molecular flexibility index (Phi) is 4.66. The maximum atomic E-state index is 12.0. The van der Waals surface area contributed by atoms with Gasteiger partial charge in [0.15, 0.2) is 0 Å². The van der Waals surface area contributed by atoms with Gasteiger partial charge < -0.3 is 9.72 Å². The lowest BCUT2D eigenvalue weighted by atomic mass is 10.2. The van der Waals surface area contributed by atoms with Crippen molar-refractivity contribution in [2.75, 3.05) is 19.9 Å². The Balaban J connectivity index is 1.92. The number of thiophene rings is 1. The topological polar surface area (TPSA) is 42.1 Å². The van der Waals surface area contributed by atoms with Crippen LogP contribution in [-0.2, 0) is 11.2 Å². The highest BCUT2D eigenvalue weighted by atomic mass is 32.1. The third-order valence-electron chi connectivity index (χ3n) is 2.44. The van der Waals surface area contributed by atoms with Crippen molar-refractivity contribution < 1.29 is 13.9 Å². The largest absolute Gasteiger partial charge is 0.378 e. The molecule has 0 aliphatic rings. The number of hydrogen-bond donors (Lipinski definition) is 1. The Labute approximate surface area is 109 Å². The summed E-state index contributed by atoms with van der Waals surface area (Å²) in [6.07, 6.45) is 2.44. The molecule has 2 heterocycles. The number of nitrogens with one attached hydrogen (secondary N) is 1. The lowest BCUT2D eigenvalue weighted by Crippen LogP contribution is -2.00. The van der Waals surface area contributed by atoms with Crippen LogP contribution in [0.2, 0.25) is 0 Å².